The summed E-state index contributed by atoms with van der Waals surface area (Å²) in [5.41, 5.74) is 0.607. The lowest BCUT2D eigenvalue weighted by atomic mass is 9.97. The molecule has 2 aromatic rings. The molecule has 1 aromatic heterocycles. The quantitative estimate of drug-likeness (QED) is 0.821. The van der Waals surface area contributed by atoms with E-state index in [0.717, 1.165) is 31.7 Å². The van der Waals surface area contributed by atoms with E-state index in [4.69, 9.17) is 4.74 Å². The number of nitrogens with zero attached hydrogens (tertiary/aromatic N) is 1. The summed E-state index contributed by atoms with van der Waals surface area (Å²) in [5.74, 6) is 1.68. The zero-order chi connectivity index (χ0) is 17.6. The van der Waals surface area contributed by atoms with Crippen LogP contribution < -0.4 is 15.4 Å². The largest absolute Gasteiger partial charge is 0.493 e. The Hall–Kier alpha value is -1.92. The lowest BCUT2D eigenvalue weighted by Gasteiger charge is -2.20. The molecule has 0 aliphatic carbocycles. The van der Waals surface area contributed by atoms with E-state index in [-0.39, 0.29) is 5.91 Å². The highest BCUT2D eigenvalue weighted by Gasteiger charge is 2.18. The van der Waals surface area contributed by atoms with Gasteiger partial charge in [-0.05, 0) is 62.0 Å². The van der Waals surface area contributed by atoms with Crippen molar-refractivity contribution in [3.63, 3.8) is 0 Å². The first-order valence-electron chi connectivity index (χ1n) is 8.82. The van der Waals surface area contributed by atoms with E-state index in [2.05, 4.69) is 29.5 Å². The van der Waals surface area contributed by atoms with Crippen molar-refractivity contribution in [2.45, 2.75) is 32.6 Å². The maximum atomic E-state index is 12.4. The van der Waals surface area contributed by atoms with Gasteiger partial charge in [-0.2, -0.15) is 0 Å². The maximum Gasteiger partial charge on any atom is 0.257 e. The van der Waals surface area contributed by atoms with Crippen molar-refractivity contribution in [2.24, 2.45) is 5.92 Å². The molecule has 1 aliphatic rings. The van der Waals surface area contributed by atoms with Gasteiger partial charge in [-0.25, -0.2) is 4.98 Å². The molecule has 0 bridgehead atoms. The summed E-state index contributed by atoms with van der Waals surface area (Å²) in [4.78, 5) is 18.0. The molecule has 5 nitrogen and oxygen atoms in total. The summed E-state index contributed by atoms with van der Waals surface area (Å²) in [6.07, 6.45) is 4.17. The monoisotopic (exact) mass is 359 g/mol. The van der Waals surface area contributed by atoms with Crippen LogP contribution in [0.5, 0.6) is 5.75 Å². The predicted octanol–water partition coefficient (Wildman–Crippen LogP) is 3.90. The second-order valence-corrected chi connectivity index (χ2v) is 7.84. The zero-order valence-electron chi connectivity index (χ0n) is 14.7. The van der Waals surface area contributed by atoms with Gasteiger partial charge in [-0.3, -0.25) is 10.1 Å². The molecular weight excluding hydrogens is 334 g/mol. The van der Waals surface area contributed by atoms with Crippen LogP contribution in [0.1, 0.15) is 47.8 Å². The number of nitrogens with one attached hydrogen (secondary N) is 2. The van der Waals surface area contributed by atoms with Crippen LogP contribution in [-0.4, -0.2) is 30.6 Å². The Morgan fingerprint density at radius 2 is 2.04 bits per heavy atom. The second kappa shape index (κ2) is 8.45. The van der Waals surface area contributed by atoms with Crippen molar-refractivity contribution in [1.29, 1.82) is 0 Å². The number of hydrogen-bond acceptors (Lipinski definition) is 5. The average Bonchev–Trinajstić information content (AvgIpc) is 3.09. The second-order valence-electron chi connectivity index (χ2n) is 6.78. The third kappa shape index (κ3) is 5.03. The first-order valence-corrected chi connectivity index (χ1v) is 9.64. The fourth-order valence-electron chi connectivity index (χ4n) is 2.77. The van der Waals surface area contributed by atoms with Crippen molar-refractivity contribution in [3.8, 4) is 5.75 Å². The molecular formula is C19H25N3O2S. The molecule has 1 fully saturated rings. The summed E-state index contributed by atoms with van der Waals surface area (Å²) in [5, 5.41) is 6.93. The van der Waals surface area contributed by atoms with Crippen LogP contribution in [0.15, 0.2) is 30.5 Å². The smallest absolute Gasteiger partial charge is 0.257 e. The van der Waals surface area contributed by atoms with E-state index < -0.39 is 0 Å². The van der Waals surface area contributed by atoms with Gasteiger partial charge in [-0.15, -0.1) is 11.3 Å². The Kier molecular flexibility index (Phi) is 6.04. The minimum atomic E-state index is -0.137. The Bertz CT molecular complexity index is 691. The molecule has 1 aliphatic heterocycles. The van der Waals surface area contributed by atoms with Crippen molar-refractivity contribution in [1.82, 2.24) is 10.3 Å². The summed E-state index contributed by atoms with van der Waals surface area (Å²) in [6, 6.07) is 7.23. The molecule has 0 unspecified atom stereocenters. The third-order valence-electron chi connectivity index (χ3n) is 4.19. The van der Waals surface area contributed by atoms with Crippen LogP contribution in [0.25, 0.3) is 0 Å². The van der Waals surface area contributed by atoms with E-state index >= 15 is 0 Å². The predicted molar refractivity (Wildman–Crippen MR) is 102 cm³/mol. The van der Waals surface area contributed by atoms with Crippen molar-refractivity contribution in [3.05, 3.63) is 40.9 Å². The van der Waals surface area contributed by atoms with Crippen LogP contribution >= 0.6 is 11.3 Å². The van der Waals surface area contributed by atoms with E-state index in [0.29, 0.717) is 29.1 Å². The number of piperidine rings is 1. The molecule has 6 heteroatoms. The highest BCUT2D eigenvalue weighted by atomic mass is 32.1. The fourth-order valence-corrected chi connectivity index (χ4v) is 3.75. The Balaban J connectivity index is 1.57. The highest BCUT2D eigenvalue weighted by Crippen LogP contribution is 2.31. The van der Waals surface area contributed by atoms with Crippen LogP contribution in [0, 0.1) is 5.92 Å². The van der Waals surface area contributed by atoms with Gasteiger partial charge in [0.15, 0.2) is 5.13 Å². The molecule has 3 rings (SSSR count). The number of aromatic nitrogens is 1. The van der Waals surface area contributed by atoms with Crippen molar-refractivity contribution < 1.29 is 9.53 Å². The molecule has 1 aromatic carbocycles. The first kappa shape index (κ1) is 17.9. The van der Waals surface area contributed by atoms with Crippen molar-refractivity contribution >= 4 is 22.4 Å². The molecule has 0 spiro atoms. The summed E-state index contributed by atoms with van der Waals surface area (Å²) in [7, 11) is 0. The number of carbonyl (C=O) groups is 1. The molecule has 134 valence electrons. The van der Waals surface area contributed by atoms with Gasteiger partial charge in [-0.1, -0.05) is 13.8 Å². The number of thiazole rings is 1. The molecule has 25 heavy (non-hydrogen) atoms. The van der Waals surface area contributed by atoms with E-state index in [9.17, 15) is 4.79 Å². The molecule has 1 saturated heterocycles. The minimum absolute atomic E-state index is 0.137. The molecule has 0 radical (unpaired) electrons. The zero-order valence-corrected chi connectivity index (χ0v) is 15.6. The number of anilines is 1. The fraction of sp³-hybridized carbons (Fsp3) is 0.474. The highest BCUT2D eigenvalue weighted by molar-refractivity contribution is 7.15. The molecule has 0 atom stereocenters. The van der Waals surface area contributed by atoms with Gasteiger partial charge < -0.3 is 10.1 Å². The van der Waals surface area contributed by atoms with Crippen LogP contribution in [0.4, 0.5) is 5.13 Å². The summed E-state index contributed by atoms with van der Waals surface area (Å²) >= 11 is 1.58. The maximum absolute atomic E-state index is 12.4. The van der Waals surface area contributed by atoms with Gasteiger partial charge in [0.05, 0.1) is 6.61 Å². The number of rotatable bonds is 6. The van der Waals surface area contributed by atoms with Crippen LogP contribution in [-0.2, 0) is 0 Å². The standard InChI is InChI=1S/C19H25N3O2S/c1-13(2)12-24-16-5-3-15(4-6-16)18(23)22-19-21-11-17(25-19)14-7-9-20-10-8-14/h3-6,11,13-14,20H,7-10,12H2,1-2H3,(H,21,22,23). The lowest BCUT2D eigenvalue weighted by molar-refractivity contribution is 0.102. The molecule has 2 heterocycles. The minimum Gasteiger partial charge on any atom is -0.493 e. The first-order chi connectivity index (χ1) is 12.1. The normalized spacial score (nSPS) is 15.3. The number of hydrogen-bond donors (Lipinski definition) is 2. The van der Waals surface area contributed by atoms with Crippen molar-refractivity contribution in [2.75, 3.05) is 25.0 Å². The van der Waals surface area contributed by atoms with Gasteiger partial charge in [0, 0.05) is 16.6 Å². The van der Waals surface area contributed by atoms with E-state index in [1.807, 2.05) is 18.3 Å². The summed E-state index contributed by atoms with van der Waals surface area (Å²) in [6.45, 7) is 6.98. The van der Waals surface area contributed by atoms with Gasteiger partial charge >= 0.3 is 0 Å². The number of ether oxygens (including phenoxy) is 1. The van der Waals surface area contributed by atoms with Crippen LogP contribution in [0.2, 0.25) is 0 Å². The van der Waals surface area contributed by atoms with E-state index in [1.165, 1.54) is 4.88 Å². The molecule has 0 saturated carbocycles. The van der Waals surface area contributed by atoms with Gasteiger partial charge in [0.2, 0.25) is 0 Å². The molecule has 1 amide bonds. The Morgan fingerprint density at radius 1 is 1.32 bits per heavy atom. The average molecular weight is 359 g/mol. The number of carbonyl (C=O) groups excluding carboxylic acids is 1. The van der Waals surface area contributed by atoms with Crippen LogP contribution in [0.3, 0.4) is 0 Å². The summed E-state index contributed by atoms with van der Waals surface area (Å²) < 4.78 is 5.64. The van der Waals surface area contributed by atoms with E-state index in [1.54, 1.807) is 23.5 Å². The SMILES string of the molecule is CC(C)COc1ccc(C(=O)Nc2ncc(C3CCNCC3)s2)cc1. The number of amides is 1. The van der Waals surface area contributed by atoms with Gasteiger partial charge in [0.1, 0.15) is 5.75 Å². The number of benzene rings is 1. The Labute approximate surface area is 152 Å². The Morgan fingerprint density at radius 3 is 2.72 bits per heavy atom. The topological polar surface area (TPSA) is 63.2 Å². The third-order valence-corrected chi connectivity index (χ3v) is 5.26. The molecule has 2 N–H and O–H groups in total. The lowest BCUT2D eigenvalue weighted by Crippen LogP contribution is -2.26. The van der Waals surface area contributed by atoms with Gasteiger partial charge in [0.25, 0.3) is 5.91 Å².